The van der Waals surface area contributed by atoms with E-state index in [2.05, 4.69) is 6.92 Å². The van der Waals surface area contributed by atoms with E-state index in [0.29, 0.717) is 0 Å². The molecule has 0 amide bonds. The van der Waals surface area contributed by atoms with Gasteiger partial charge in [-0.3, -0.25) is 4.79 Å². The molecular weight excluding hydrogens is 268 g/mol. The standard InChI is InChI=1S/C21H22O/c1-2-3-14-20(17-19-12-8-5-9-13-19)21(22)16-15-18-10-6-4-7-11-18/h4-13,15-17H,2-3,14H2,1H3/b16-15+,20-17?. The maximum atomic E-state index is 12.5. The summed E-state index contributed by atoms with van der Waals surface area (Å²) < 4.78 is 0. The number of hydrogen-bond donors (Lipinski definition) is 0. The van der Waals surface area contributed by atoms with Gasteiger partial charge >= 0.3 is 0 Å². The summed E-state index contributed by atoms with van der Waals surface area (Å²) >= 11 is 0. The number of rotatable bonds is 7. The molecule has 0 bridgehead atoms. The maximum Gasteiger partial charge on any atom is 0.181 e. The van der Waals surface area contributed by atoms with E-state index in [1.807, 2.05) is 72.8 Å². The van der Waals surface area contributed by atoms with Crippen molar-refractivity contribution >= 4 is 17.9 Å². The van der Waals surface area contributed by atoms with Crippen LogP contribution >= 0.6 is 0 Å². The minimum absolute atomic E-state index is 0.0983. The predicted octanol–water partition coefficient (Wildman–Crippen LogP) is 5.54. The van der Waals surface area contributed by atoms with Gasteiger partial charge in [0.05, 0.1) is 0 Å². The molecule has 2 rings (SSSR count). The van der Waals surface area contributed by atoms with Crippen LogP contribution in [0, 0.1) is 0 Å². The number of carbonyl (C=O) groups excluding carboxylic acids is 1. The molecule has 0 aliphatic carbocycles. The van der Waals surface area contributed by atoms with Crippen LogP contribution in [0.2, 0.25) is 0 Å². The number of carbonyl (C=O) groups is 1. The Morgan fingerprint density at radius 1 is 0.909 bits per heavy atom. The first-order chi connectivity index (χ1) is 10.8. The van der Waals surface area contributed by atoms with Crippen molar-refractivity contribution in [2.24, 2.45) is 0 Å². The summed E-state index contributed by atoms with van der Waals surface area (Å²) in [5.74, 6) is 0.0983. The zero-order valence-electron chi connectivity index (χ0n) is 13.0. The molecule has 22 heavy (non-hydrogen) atoms. The molecule has 0 heterocycles. The molecule has 2 aromatic rings. The lowest BCUT2D eigenvalue weighted by Gasteiger charge is -2.04. The number of hydrogen-bond acceptors (Lipinski definition) is 1. The van der Waals surface area contributed by atoms with Crippen LogP contribution in [0.25, 0.3) is 12.2 Å². The van der Waals surface area contributed by atoms with Crippen molar-refractivity contribution in [3.63, 3.8) is 0 Å². The van der Waals surface area contributed by atoms with Gasteiger partial charge in [-0.25, -0.2) is 0 Å². The van der Waals surface area contributed by atoms with E-state index >= 15 is 0 Å². The highest BCUT2D eigenvalue weighted by Crippen LogP contribution is 2.15. The van der Waals surface area contributed by atoms with Crippen LogP contribution in [0.4, 0.5) is 0 Å². The summed E-state index contributed by atoms with van der Waals surface area (Å²) in [7, 11) is 0. The Balaban J connectivity index is 2.16. The molecule has 0 N–H and O–H groups in total. The lowest BCUT2D eigenvalue weighted by atomic mass is 10.0. The second-order valence-corrected chi connectivity index (χ2v) is 5.29. The van der Waals surface area contributed by atoms with Gasteiger partial charge in [-0.2, -0.15) is 0 Å². The van der Waals surface area contributed by atoms with Crippen LogP contribution in [0.3, 0.4) is 0 Å². The van der Waals surface area contributed by atoms with Crippen LogP contribution in [0.1, 0.15) is 37.3 Å². The molecule has 1 heteroatoms. The van der Waals surface area contributed by atoms with Crippen LogP contribution in [-0.2, 0) is 4.79 Å². The maximum absolute atomic E-state index is 12.5. The third kappa shape index (κ3) is 5.17. The Bertz CT molecular complexity index is 636. The normalized spacial score (nSPS) is 11.8. The molecule has 0 aliphatic rings. The highest BCUT2D eigenvalue weighted by molar-refractivity contribution is 6.09. The lowest BCUT2D eigenvalue weighted by molar-refractivity contribution is -0.111. The van der Waals surface area contributed by atoms with Crippen LogP contribution in [0.15, 0.2) is 72.3 Å². The molecule has 0 atom stereocenters. The Morgan fingerprint density at radius 3 is 2.09 bits per heavy atom. The first-order valence-electron chi connectivity index (χ1n) is 7.82. The van der Waals surface area contributed by atoms with E-state index in [-0.39, 0.29) is 5.78 Å². The summed E-state index contributed by atoms with van der Waals surface area (Å²) in [6, 6.07) is 19.9. The summed E-state index contributed by atoms with van der Waals surface area (Å²) in [4.78, 5) is 12.5. The third-order valence-electron chi connectivity index (χ3n) is 3.48. The van der Waals surface area contributed by atoms with E-state index in [0.717, 1.165) is 36.0 Å². The highest BCUT2D eigenvalue weighted by Gasteiger charge is 2.06. The lowest BCUT2D eigenvalue weighted by Crippen LogP contribution is -1.99. The zero-order chi connectivity index (χ0) is 15.6. The van der Waals surface area contributed by atoms with Crippen molar-refractivity contribution in [2.45, 2.75) is 26.2 Å². The average molecular weight is 290 g/mol. The van der Waals surface area contributed by atoms with E-state index in [1.54, 1.807) is 6.08 Å². The Labute approximate surface area is 133 Å². The molecule has 0 saturated carbocycles. The van der Waals surface area contributed by atoms with E-state index in [1.165, 1.54) is 0 Å². The molecular formula is C21H22O. The van der Waals surface area contributed by atoms with Gasteiger partial charge in [0.15, 0.2) is 5.78 Å². The quantitative estimate of drug-likeness (QED) is 0.612. The van der Waals surface area contributed by atoms with Crippen molar-refractivity contribution in [1.82, 2.24) is 0 Å². The molecule has 0 aliphatic heterocycles. The van der Waals surface area contributed by atoms with E-state index in [9.17, 15) is 4.79 Å². The second-order valence-electron chi connectivity index (χ2n) is 5.29. The monoisotopic (exact) mass is 290 g/mol. The van der Waals surface area contributed by atoms with E-state index in [4.69, 9.17) is 0 Å². The highest BCUT2D eigenvalue weighted by atomic mass is 16.1. The number of benzene rings is 2. The molecule has 0 spiro atoms. The fourth-order valence-electron chi connectivity index (χ4n) is 2.23. The minimum Gasteiger partial charge on any atom is -0.290 e. The molecule has 0 saturated heterocycles. The van der Waals surface area contributed by atoms with Crippen LogP contribution < -0.4 is 0 Å². The first kappa shape index (κ1) is 16.0. The molecule has 0 fully saturated rings. The number of unbranched alkanes of at least 4 members (excludes halogenated alkanes) is 1. The van der Waals surface area contributed by atoms with Crippen molar-refractivity contribution in [1.29, 1.82) is 0 Å². The zero-order valence-corrected chi connectivity index (χ0v) is 13.0. The molecule has 0 unspecified atom stereocenters. The van der Waals surface area contributed by atoms with Crippen molar-refractivity contribution in [3.8, 4) is 0 Å². The van der Waals surface area contributed by atoms with Crippen LogP contribution in [0.5, 0.6) is 0 Å². The van der Waals surface area contributed by atoms with Gasteiger partial charge in [0.2, 0.25) is 0 Å². The third-order valence-corrected chi connectivity index (χ3v) is 3.48. The van der Waals surface area contributed by atoms with Gasteiger partial charge in [0.25, 0.3) is 0 Å². The Hall–Kier alpha value is -2.41. The largest absolute Gasteiger partial charge is 0.290 e. The van der Waals surface area contributed by atoms with Gasteiger partial charge in [0, 0.05) is 5.57 Å². The van der Waals surface area contributed by atoms with Gasteiger partial charge in [-0.15, -0.1) is 0 Å². The summed E-state index contributed by atoms with van der Waals surface area (Å²) in [6.45, 7) is 2.14. The van der Waals surface area contributed by atoms with Crippen LogP contribution in [-0.4, -0.2) is 5.78 Å². The number of ketones is 1. The Morgan fingerprint density at radius 2 is 1.50 bits per heavy atom. The number of allylic oxidation sites excluding steroid dienone is 2. The SMILES string of the molecule is CCCCC(=Cc1ccccc1)C(=O)/C=C/c1ccccc1. The van der Waals surface area contributed by atoms with Crippen molar-refractivity contribution < 1.29 is 4.79 Å². The van der Waals surface area contributed by atoms with Gasteiger partial charge in [-0.05, 0) is 36.1 Å². The molecule has 0 radical (unpaired) electrons. The average Bonchev–Trinajstić information content (AvgIpc) is 2.58. The topological polar surface area (TPSA) is 17.1 Å². The minimum atomic E-state index is 0.0983. The fraction of sp³-hybridized carbons (Fsp3) is 0.190. The summed E-state index contributed by atoms with van der Waals surface area (Å²) in [5.41, 5.74) is 3.00. The molecule has 2 aromatic carbocycles. The molecule has 112 valence electrons. The van der Waals surface area contributed by atoms with Gasteiger partial charge in [0.1, 0.15) is 0 Å². The predicted molar refractivity (Wildman–Crippen MR) is 94.4 cm³/mol. The van der Waals surface area contributed by atoms with Crippen molar-refractivity contribution in [2.75, 3.05) is 0 Å². The summed E-state index contributed by atoms with van der Waals surface area (Å²) in [6.07, 6.45) is 8.51. The molecule has 1 nitrogen and oxygen atoms in total. The van der Waals surface area contributed by atoms with Gasteiger partial charge < -0.3 is 0 Å². The summed E-state index contributed by atoms with van der Waals surface area (Å²) in [5, 5.41) is 0. The van der Waals surface area contributed by atoms with Crippen molar-refractivity contribution in [3.05, 3.63) is 83.4 Å². The van der Waals surface area contributed by atoms with Gasteiger partial charge in [-0.1, -0.05) is 80.1 Å². The molecule has 0 aromatic heterocycles. The second kappa shape index (κ2) is 8.78. The van der Waals surface area contributed by atoms with E-state index < -0.39 is 0 Å². The Kier molecular flexibility index (Phi) is 6.38. The first-order valence-corrected chi connectivity index (χ1v) is 7.82. The fourth-order valence-corrected chi connectivity index (χ4v) is 2.23. The smallest absolute Gasteiger partial charge is 0.181 e.